The van der Waals surface area contributed by atoms with E-state index in [1.54, 1.807) is 0 Å². The van der Waals surface area contributed by atoms with Crippen LogP contribution in [0.4, 0.5) is 5.82 Å². The van der Waals surface area contributed by atoms with Gasteiger partial charge in [-0.25, -0.2) is 4.98 Å². The van der Waals surface area contributed by atoms with E-state index in [0.717, 1.165) is 31.9 Å². The van der Waals surface area contributed by atoms with Crippen molar-refractivity contribution in [3.05, 3.63) is 23.9 Å². The second-order valence-corrected chi connectivity index (χ2v) is 4.81. The highest BCUT2D eigenvalue weighted by Gasteiger charge is 2.19. The number of nitrogens with one attached hydrogen (secondary N) is 1. The Labute approximate surface area is 109 Å². The Bertz CT molecular complexity index is 366. The first-order valence-corrected chi connectivity index (χ1v) is 6.74. The number of ether oxygens (including phenoxy) is 1. The van der Waals surface area contributed by atoms with E-state index >= 15 is 0 Å². The first kappa shape index (κ1) is 13.3. The zero-order valence-electron chi connectivity index (χ0n) is 11.5. The zero-order valence-corrected chi connectivity index (χ0v) is 11.5. The SMILES string of the molecule is CCC1CN(c2ccc(C(C)NC)cn2)CCO1. The van der Waals surface area contributed by atoms with E-state index < -0.39 is 0 Å². The van der Waals surface area contributed by atoms with Crippen molar-refractivity contribution in [2.24, 2.45) is 0 Å². The molecule has 2 heterocycles. The number of hydrogen-bond acceptors (Lipinski definition) is 4. The Balaban J connectivity index is 2.04. The van der Waals surface area contributed by atoms with Gasteiger partial charge in [-0.1, -0.05) is 13.0 Å². The molecular weight excluding hydrogens is 226 g/mol. The van der Waals surface area contributed by atoms with E-state index in [9.17, 15) is 0 Å². The summed E-state index contributed by atoms with van der Waals surface area (Å²) in [5.74, 6) is 1.06. The van der Waals surface area contributed by atoms with Gasteiger partial charge >= 0.3 is 0 Å². The van der Waals surface area contributed by atoms with Crippen molar-refractivity contribution < 1.29 is 4.74 Å². The lowest BCUT2D eigenvalue weighted by atomic mass is 10.1. The summed E-state index contributed by atoms with van der Waals surface area (Å²) in [4.78, 5) is 6.88. The molecule has 2 atom stereocenters. The van der Waals surface area contributed by atoms with Crippen LogP contribution in [0.3, 0.4) is 0 Å². The molecule has 0 aliphatic carbocycles. The van der Waals surface area contributed by atoms with E-state index in [4.69, 9.17) is 4.74 Å². The summed E-state index contributed by atoms with van der Waals surface area (Å²) in [6.45, 7) is 6.99. The van der Waals surface area contributed by atoms with Crippen molar-refractivity contribution in [2.75, 3.05) is 31.6 Å². The molecule has 0 radical (unpaired) electrons. The normalized spacial score (nSPS) is 21.9. The van der Waals surface area contributed by atoms with Crippen LogP contribution in [0.5, 0.6) is 0 Å². The predicted octanol–water partition coefficient (Wildman–Crippen LogP) is 1.98. The second kappa shape index (κ2) is 6.16. The lowest BCUT2D eigenvalue weighted by molar-refractivity contribution is 0.0381. The van der Waals surface area contributed by atoms with Crippen LogP contribution >= 0.6 is 0 Å². The van der Waals surface area contributed by atoms with Crippen LogP contribution in [0.1, 0.15) is 31.9 Å². The number of pyridine rings is 1. The Morgan fingerprint density at radius 2 is 2.39 bits per heavy atom. The highest BCUT2D eigenvalue weighted by atomic mass is 16.5. The molecule has 2 rings (SSSR count). The van der Waals surface area contributed by atoms with E-state index in [0.29, 0.717) is 12.1 Å². The number of aromatic nitrogens is 1. The van der Waals surface area contributed by atoms with Gasteiger partial charge in [-0.3, -0.25) is 0 Å². The fraction of sp³-hybridized carbons (Fsp3) is 0.643. The molecule has 1 aromatic heterocycles. The molecule has 4 heteroatoms. The first-order valence-electron chi connectivity index (χ1n) is 6.74. The topological polar surface area (TPSA) is 37.4 Å². The Morgan fingerprint density at radius 3 is 3.00 bits per heavy atom. The van der Waals surface area contributed by atoms with E-state index in [1.165, 1.54) is 5.56 Å². The molecule has 0 aromatic carbocycles. The fourth-order valence-electron chi connectivity index (χ4n) is 2.18. The summed E-state index contributed by atoms with van der Waals surface area (Å²) in [6.07, 6.45) is 3.37. The van der Waals surface area contributed by atoms with E-state index in [-0.39, 0.29) is 0 Å². The third kappa shape index (κ3) is 3.00. The molecule has 1 aliphatic heterocycles. The summed E-state index contributed by atoms with van der Waals surface area (Å²) < 4.78 is 5.68. The maximum absolute atomic E-state index is 5.68. The van der Waals surface area contributed by atoms with Crippen LogP contribution < -0.4 is 10.2 Å². The predicted molar refractivity (Wildman–Crippen MR) is 74.0 cm³/mol. The van der Waals surface area contributed by atoms with Crippen LogP contribution in [0.2, 0.25) is 0 Å². The number of morpholine rings is 1. The largest absolute Gasteiger partial charge is 0.375 e. The molecule has 1 saturated heterocycles. The molecule has 0 saturated carbocycles. The maximum Gasteiger partial charge on any atom is 0.128 e. The molecule has 4 nitrogen and oxygen atoms in total. The first-order chi connectivity index (χ1) is 8.74. The molecule has 18 heavy (non-hydrogen) atoms. The van der Waals surface area contributed by atoms with E-state index in [1.807, 2.05) is 13.2 Å². The van der Waals surface area contributed by atoms with Gasteiger partial charge in [0, 0.05) is 25.3 Å². The average Bonchev–Trinajstić information content (AvgIpc) is 2.46. The van der Waals surface area contributed by atoms with Crippen molar-refractivity contribution in [3.63, 3.8) is 0 Å². The highest BCUT2D eigenvalue weighted by Crippen LogP contribution is 2.18. The van der Waals surface area contributed by atoms with Gasteiger partial charge in [-0.2, -0.15) is 0 Å². The standard InChI is InChI=1S/C14H23N3O/c1-4-13-10-17(7-8-18-13)14-6-5-12(9-16-14)11(2)15-3/h5-6,9,11,13,15H,4,7-8,10H2,1-3H3. The maximum atomic E-state index is 5.68. The van der Waals surface area contributed by atoms with Crippen LogP contribution in [-0.4, -0.2) is 37.8 Å². The Hall–Kier alpha value is -1.13. The van der Waals surface area contributed by atoms with Gasteiger partial charge in [0.05, 0.1) is 12.7 Å². The van der Waals surface area contributed by atoms with Crippen molar-refractivity contribution in [3.8, 4) is 0 Å². The lowest BCUT2D eigenvalue weighted by Crippen LogP contribution is -2.42. The number of rotatable bonds is 4. The van der Waals surface area contributed by atoms with Gasteiger partial charge in [0.1, 0.15) is 5.82 Å². The molecule has 0 amide bonds. The highest BCUT2D eigenvalue weighted by molar-refractivity contribution is 5.40. The van der Waals surface area contributed by atoms with Crippen LogP contribution in [0, 0.1) is 0 Å². The van der Waals surface area contributed by atoms with Gasteiger partial charge in [0.25, 0.3) is 0 Å². The molecule has 1 N–H and O–H groups in total. The lowest BCUT2D eigenvalue weighted by Gasteiger charge is -2.33. The molecule has 100 valence electrons. The van der Waals surface area contributed by atoms with Gasteiger partial charge < -0.3 is 15.0 Å². The third-order valence-corrected chi connectivity index (χ3v) is 3.62. The monoisotopic (exact) mass is 249 g/mol. The van der Waals surface area contributed by atoms with Crippen molar-refractivity contribution >= 4 is 5.82 Å². The number of nitrogens with zero attached hydrogens (tertiary/aromatic N) is 2. The molecule has 2 unspecified atom stereocenters. The minimum atomic E-state index is 0.344. The molecule has 1 aromatic rings. The number of hydrogen-bond donors (Lipinski definition) is 1. The second-order valence-electron chi connectivity index (χ2n) is 4.81. The van der Waals surface area contributed by atoms with Crippen LogP contribution in [0.15, 0.2) is 18.3 Å². The summed E-state index contributed by atoms with van der Waals surface area (Å²) in [6, 6.07) is 4.61. The number of anilines is 1. The Kier molecular flexibility index (Phi) is 4.55. The molecule has 1 aliphatic rings. The molecule has 0 bridgehead atoms. The Morgan fingerprint density at radius 1 is 1.56 bits per heavy atom. The molecule has 0 spiro atoms. The molecular formula is C14H23N3O. The summed E-state index contributed by atoms with van der Waals surface area (Å²) >= 11 is 0. The smallest absolute Gasteiger partial charge is 0.128 e. The van der Waals surface area contributed by atoms with Crippen molar-refractivity contribution in [2.45, 2.75) is 32.4 Å². The zero-order chi connectivity index (χ0) is 13.0. The summed E-state index contributed by atoms with van der Waals surface area (Å²) in [5.41, 5.74) is 1.22. The van der Waals surface area contributed by atoms with Gasteiger partial charge in [-0.05, 0) is 32.0 Å². The average molecular weight is 249 g/mol. The van der Waals surface area contributed by atoms with Gasteiger partial charge in [0.15, 0.2) is 0 Å². The van der Waals surface area contributed by atoms with Crippen LogP contribution in [-0.2, 0) is 4.74 Å². The van der Waals surface area contributed by atoms with E-state index in [2.05, 4.69) is 41.2 Å². The van der Waals surface area contributed by atoms with Crippen molar-refractivity contribution in [1.29, 1.82) is 0 Å². The van der Waals surface area contributed by atoms with Crippen LogP contribution in [0.25, 0.3) is 0 Å². The van der Waals surface area contributed by atoms with Gasteiger partial charge in [0.2, 0.25) is 0 Å². The minimum absolute atomic E-state index is 0.344. The van der Waals surface area contributed by atoms with Crippen molar-refractivity contribution in [1.82, 2.24) is 10.3 Å². The quantitative estimate of drug-likeness (QED) is 0.885. The minimum Gasteiger partial charge on any atom is -0.375 e. The third-order valence-electron chi connectivity index (χ3n) is 3.62. The van der Waals surface area contributed by atoms with Gasteiger partial charge in [-0.15, -0.1) is 0 Å². The summed E-state index contributed by atoms with van der Waals surface area (Å²) in [5, 5.41) is 3.22. The molecule has 1 fully saturated rings. The fourth-order valence-corrected chi connectivity index (χ4v) is 2.18. The summed E-state index contributed by atoms with van der Waals surface area (Å²) in [7, 11) is 1.96.